The van der Waals surface area contributed by atoms with Crippen LogP contribution in [0.2, 0.25) is 0 Å². The quantitative estimate of drug-likeness (QED) is 0.830. The van der Waals surface area contributed by atoms with E-state index in [2.05, 4.69) is 25.6 Å². The predicted octanol–water partition coefficient (Wildman–Crippen LogP) is 0.272. The van der Waals surface area contributed by atoms with Crippen molar-refractivity contribution in [2.45, 2.75) is 45.1 Å². The van der Waals surface area contributed by atoms with Gasteiger partial charge in [-0.05, 0) is 25.7 Å². The van der Waals surface area contributed by atoms with Gasteiger partial charge in [0.2, 0.25) is 5.91 Å². The molecule has 1 aromatic rings. The molecule has 1 amide bonds. The Hall–Kier alpha value is -1.44. The third-order valence-electron chi connectivity index (χ3n) is 5.10. The molecular formula is C16H25N5O2. The minimum atomic E-state index is -0.00158. The molecule has 0 spiro atoms. The van der Waals surface area contributed by atoms with Gasteiger partial charge in [0.15, 0.2) is 0 Å². The van der Waals surface area contributed by atoms with Crippen LogP contribution in [0.25, 0.3) is 0 Å². The number of rotatable bonds is 4. The van der Waals surface area contributed by atoms with E-state index < -0.39 is 0 Å². The zero-order valence-electron chi connectivity index (χ0n) is 13.6. The van der Waals surface area contributed by atoms with E-state index in [4.69, 9.17) is 4.52 Å². The van der Waals surface area contributed by atoms with Gasteiger partial charge in [0.05, 0.1) is 5.69 Å². The Kier molecular flexibility index (Phi) is 4.09. The van der Waals surface area contributed by atoms with E-state index in [9.17, 15) is 4.79 Å². The van der Waals surface area contributed by atoms with Gasteiger partial charge >= 0.3 is 0 Å². The molecule has 2 unspecified atom stereocenters. The van der Waals surface area contributed by atoms with E-state index in [1.54, 1.807) is 0 Å². The van der Waals surface area contributed by atoms with Crippen LogP contribution in [0.1, 0.15) is 30.7 Å². The Balaban J connectivity index is 1.29. The van der Waals surface area contributed by atoms with Gasteiger partial charge in [0.25, 0.3) is 0 Å². The molecule has 1 aromatic heterocycles. The molecule has 2 saturated heterocycles. The van der Waals surface area contributed by atoms with Crippen LogP contribution in [0.15, 0.2) is 10.6 Å². The number of hydrogen-bond acceptors (Lipinski definition) is 6. The second kappa shape index (κ2) is 6.22. The Morgan fingerprint density at radius 1 is 1.30 bits per heavy atom. The fourth-order valence-corrected chi connectivity index (χ4v) is 3.61. The van der Waals surface area contributed by atoms with Crippen molar-refractivity contribution in [3.63, 3.8) is 0 Å². The average Bonchev–Trinajstić information content (AvgIpc) is 3.31. The lowest BCUT2D eigenvalue weighted by molar-refractivity contribution is -0.127. The van der Waals surface area contributed by atoms with E-state index in [1.807, 2.05) is 13.0 Å². The minimum absolute atomic E-state index is 0.00158. The van der Waals surface area contributed by atoms with Gasteiger partial charge in [-0.25, -0.2) is 0 Å². The smallest absolute Gasteiger partial charge is 0.223 e. The largest absolute Gasteiger partial charge is 0.361 e. The molecule has 2 aliphatic heterocycles. The first-order valence-electron chi connectivity index (χ1n) is 8.61. The minimum Gasteiger partial charge on any atom is -0.361 e. The SMILES string of the molecule is Cc1cc(CN2CCN(C3NC(=O)CC(C4CC4)N3)CC2)no1. The molecule has 7 nitrogen and oxygen atoms in total. The molecule has 1 saturated carbocycles. The summed E-state index contributed by atoms with van der Waals surface area (Å²) in [5, 5.41) is 10.8. The van der Waals surface area contributed by atoms with Crippen molar-refractivity contribution in [3.05, 3.63) is 17.5 Å². The highest BCUT2D eigenvalue weighted by molar-refractivity contribution is 5.77. The molecule has 0 bridgehead atoms. The molecule has 0 aromatic carbocycles. The van der Waals surface area contributed by atoms with Gasteiger partial charge in [-0.1, -0.05) is 5.16 Å². The molecule has 126 valence electrons. The lowest BCUT2D eigenvalue weighted by atomic mass is 10.1. The molecule has 23 heavy (non-hydrogen) atoms. The molecule has 1 aliphatic carbocycles. The molecule has 4 rings (SSSR count). The maximum absolute atomic E-state index is 12.0. The average molecular weight is 319 g/mol. The van der Waals surface area contributed by atoms with Gasteiger partial charge in [-0.2, -0.15) is 0 Å². The highest BCUT2D eigenvalue weighted by Crippen LogP contribution is 2.35. The van der Waals surface area contributed by atoms with E-state index in [0.717, 1.165) is 44.2 Å². The van der Waals surface area contributed by atoms with Crippen LogP contribution in [0, 0.1) is 12.8 Å². The molecule has 2 N–H and O–H groups in total. The van der Waals surface area contributed by atoms with Crippen LogP contribution in [0.3, 0.4) is 0 Å². The molecule has 3 aliphatic rings. The summed E-state index contributed by atoms with van der Waals surface area (Å²) in [6, 6.07) is 2.36. The molecular weight excluding hydrogens is 294 g/mol. The highest BCUT2D eigenvalue weighted by atomic mass is 16.5. The fraction of sp³-hybridized carbons (Fsp3) is 0.750. The molecule has 7 heteroatoms. The predicted molar refractivity (Wildman–Crippen MR) is 84.3 cm³/mol. The summed E-state index contributed by atoms with van der Waals surface area (Å²) < 4.78 is 5.13. The van der Waals surface area contributed by atoms with E-state index in [1.165, 1.54) is 12.8 Å². The summed E-state index contributed by atoms with van der Waals surface area (Å²) in [4.78, 5) is 16.7. The van der Waals surface area contributed by atoms with Crippen molar-refractivity contribution in [2.24, 2.45) is 5.92 Å². The van der Waals surface area contributed by atoms with Crippen LogP contribution < -0.4 is 10.6 Å². The molecule has 3 fully saturated rings. The summed E-state index contributed by atoms with van der Waals surface area (Å²) in [6.07, 6.45) is 3.16. The van der Waals surface area contributed by atoms with Gasteiger partial charge < -0.3 is 9.84 Å². The van der Waals surface area contributed by atoms with Gasteiger partial charge in [-0.15, -0.1) is 0 Å². The topological polar surface area (TPSA) is 73.6 Å². The standard InChI is InChI=1S/C16H25N5O2/c1-11-8-13(19-23-11)10-20-4-6-21(7-5-20)16-17-14(12-2-3-12)9-15(22)18-16/h8,12,14,16-17H,2-7,9-10H2,1H3,(H,18,22). The first-order chi connectivity index (χ1) is 11.2. The summed E-state index contributed by atoms with van der Waals surface area (Å²) >= 11 is 0. The Morgan fingerprint density at radius 3 is 2.74 bits per heavy atom. The first-order valence-corrected chi connectivity index (χ1v) is 8.61. The Labute approximate surface area is 136 Å². The fourth-order valence-electron chi connectivity index (χ4n) is 3.61. The molecule has 3 heterocycles. The second-order valence-corrected chi connectivity index (χ2v) is 7.03. The maximum Gasteiger partial charge on any atom is 0.223 e. The van der Waals surface area contributed by atoms with Gasteiger partial charge in [0, 0.05) is 51.3 Å². The van der Waals surface area contributed by atoms with Gasteiger partial charge in [-0.3, -0.25) is 19.9 Å². The number of aryl methyl sites for hydroxylation is 1. The molecule has 2 atom stereocenters. The number of piperazine rings is 1. The zero-order chi connectivity index (χ0) is 15.8. The first kappa shape index (κ1) is 15.1. The molecule has 0 radical (unpaired) electrons. The van der Waals surface area contributed by atoms with E-state index in [0.29, 0.717) is 18.4 Å². The van der Waals surface area contributed by atoms with Crippen molar-refractivity contribution in [1.82, 2.24) is 25.6 Å². The normalized spacial score (nSPS) is 30.4. The zero-order valence-corrected chi connectivity index (χ0v) is 13.6. The highest BCUT2D eigenvalue weighted by Gasteiger charge is 2.39. The lowest BCUT2D eigenvalue weighted by Gasteiger charge is -2.43. The summed E-state index contributed by atoms with van der Waals surface area (Å²) in [7, 11) is 0. The van der Waals surface area contributed by atoms with Crippen LogP contribution in [0.4, 0.5) is 0 Å². The van der Waals surface area contributed by atoms with E-state index in [-0.39, 0.29) is 12.2 Å². The number of carbonyl (C=O) groups excluding carboxylic acids is 1. The lowest BCUT2D eigenvalue weighted by Crippen LogP contribution is -2.66. The summed E-state index contributed by atoms with van der Waals surface area (Å²) in [5.74, 6) is 1.75. The monoisotopic (exact) mass is 319 g/mol. The van der Waals surface area contributed by atoms with Crippen LogP contribution in [-0.2, 0) is 11.3 Å². The Morgan fingerprint density at radius 2 is 2.09 bits per heavy atom. The van der Waals surface area contributed by atoms with Crippen LogP contribution in [-0.4, -0.2) is 59.4 Å². The maximum atomic E-state index is 12.0. The number of nitrogens with zero attached hydrogens (tertiary/aromatic N) is 3. The second-order valence-electron chi connectivity index (χ2n) is 7.03. The van der Waals surface area contributed by atoms with Crippen molar-refractivity contribution in [3.8, 4) is 0 Å². The van der Waals surface area contributed by atoms with Crippen molar-refractivity contribution in [2.75, 3.05) is 26.2 Å². The van der Waals surface area contributed by atoms with Crippen LogP contribution >= 0.6 is 0 Å². The number of amides is 1. The van der Waals surface area contributed by atoms with E-state index >= 15 is 0 Å². The van der Waals surface area contributed by atoms with Crippen LogP contribution in [0.5, 0.6) is 0 Å². The van der Waals surface area contributed by atoms with Crippen molar-refractivity contribution in [1.29, 1.82) is 0 Å². The van der Waals surface area contributed by atoms with Crippen molar-refractivity contribution >= 4 is 5.91 Å². The van der Waals surface area contributed by atoms with Gasteiger partial charge in [0.1, 0.15) is 12.0 Å². The Bertz CT molecular complexity index is 563. The third-order valence-corrected chi connectivity index (χ3v) is 5.10. The van der Waals surface area contributed by atoms with Crippen molar-refractivity contribution < 1.29 is 9.32 Å². The number of aromatic nitrogens is 1. The summed E-state index contributed by atoms with van der Waals surface area (Å²) in [5.41, 5.74) is 0.994. The summed E-state index contributed by atoms with van der Waals surface area (Å²) in [6.45, 7) is 6.61. The number of carbonyl (C=O) groups is 1. The third kappa shape index (κ3) is 3.57. The number of nitrogens with one attached hydrogen (secondary N) is 2. The number of hydrogen-bond donors (Lipinski definition) is 2.